The van der Waals surface area contributed by atoms with Gasteiger partial charge in [-0.15, -0.1) is 0 Å². The fourth-order valence-corrected chi connectivity index (χ4v) is 2.00. The number of carbonyl (C=O) groups is 1. The predicted molar refractivity (Wildman–Crippen MR) is 78.5 cm³/mol. The second kappa shape index (κ2) is 6.25. The van der Waals surface area contributed by atoms with Crippen molar-refractivity contribution in [3.05, 3.63) is 53.2 Å². The number of anilines is 2. The number of ether oxygens (including phenoxy) is 1. The fourth-order valence-electron chi connectivity index (χ4n) is 1.78. The number of rotatable bonds is 4. The Morgan fingerprint density at radius 2 is 2.05 bits per heavy atom. The molecule has 1 unspecified atom stereocenters. The molecule has 0 saturated heterocycles. The van der Waals surface area contributed by atoms with Gasteiger partial charge in [0.15, 0.2) is 6.04 Å². The molecule has 3 N–H and O–H groups in total. The van der Waals surface area contributed by atoms with E-state index < -0.39 is 12.0 Å². The molecule has 0 aliphatic rings. The monoisotopic (exact) mass is 291 g/mol. The van der Waals surface area contributed by atoms with Gasteiger partial charge in [-0.25, -0.2) is 9.78 Å². The molecule has 20 heavy (non-hydrogen) atoms. The number of pyridine rings is 1. The van der Waals surface area contributed by atoms with Crippen LogP contribution in [0.4, 0.5) is 11.5 Å². The normalized spacial score (nSPS) is 11.7. The van der Waals surface area contributed by atoms with E-state index in [0.29, 0.717) is 11.5 Å². The maximum atomic E-state index is 11.9. The Hall–Kier alpha value is -2.27. The molecule has 0 bridgehead atoms. The largest absolute Gasteiger partial charge is 0.467 e. The lowest BCUT2D eigenvalue weighted by molar-refractivity contribution is -0.141. The van der Waals surface area contributed by atoms with Gasteiger partial charge in [0.25, 0.3) is 0 Å². The molecule has 0 aliphatic carbocycles. The lowest BCUT2D eigenvalue weighted by Crippen LogP contribution is -2.22. The van der Waals surface area contributed by atoms with Crippen molar-refractivity contribution in [1.82, 2.24) is 4.98 Å². The fraction of sp³-hybridized carbons (Fsp3) is 0.143. The van der Waals surface area contributed by atoms with Crippen LogP contribution < -0.4 is 11.1 Å². The van der Waals surface area contributed by atoms with Crippen LogP contribution in [0.1, 0.15) is 11.6 Å². The first-order valence-corrected chi connectivity index (χ1v) is 6.30. The van der Waals surface area contributed by atoms with Crippen molar-refractivity contribution in [1.29, 1.82) is 0 Å². The number of hydrogen-bond acceptors (Lipinski definition) is 5. The molecule has 1 aromatic heterocycles. The molecule has 0 fully saturated rings. The van der Waals surface area contributed by atoms with Crippen LogP contribution in [0.5, 0.6) is 0 Å². The minimum absolute atomic E-state index is 0.254. The number of nitrogens with two attached hydrogens (primary N) is 1. The van der Waals surface area contributed by atoms with Crippen molar-refractivity contribution in [3.63, 3.8) is 0 Å². The minimum atomic E-state index is -0.674. The molecular weight excluding hydrogens is 278 g/mol. The number of aromatic nitrogens is 1. The highest BCUT2D eigenvalue weighted by Gasteiger charge is 2.21. The van der Waals surface area contributed by atoms with Gasteiger partial charge in [0.2, 0.25) is 0 Å². The molecule has 0 amide bonds. The summed E-state index contributed by atoms with van der Waals surface area (Å²) in [6.45, 7) is 0. The Kier molecular flexibility index (Phi) is 4.42. The lowest BCUT2D eigenvalue weighted by Gasteiger charge is -2.17. The lowest BCUT2D eigenvalue weighted by atomic mass is 10.1. The van der Waals surface area contributed by atoms with E-state index in [2.05, 4.69) is 10.3 Å². The number of nitrogens with one attached hydrogen (secondary N) is 1. The number of halogens is 1. The first-order chi connectivity index (χ1) is 9.60. The van der Waals surface area contributed by atoms with Crippen LogP contribution in [0, 0.1) is 0 Å². The van der Waals surface area contributed by atoms with E-state index in [9.17, 15) is 4.79 Å². The summed E-state index contributed by atoms with van der Waals surface area (Å²) in [5.41, 5.74) is 6.93. The third-order valence-electron chi connectivity index (χ3n) is 2.68. The zero-order chi connectivity index (χ0) is 14.5. The first kappa shape index (κ1) is 14.1. The summed E-state index contributed by atoms with van der Waals surface area (Å²) in [5.74, 6) is -0.00852. The predicted octanol–water partition coefficient (Wildman–Crippen LogP) is 2.64. The van der Waals surface area contributed by atoms with Gasteiger partial charge in [0.1, 0.15) is 11.0 Å². The summed E-state index contributed by atoms with van der Waals surface area (Å²) >= 11 is 5.85. The Balaban J connectivity index is 2.31. The number of esters is 1. The van der Waals surface area contributed by atoms with E-state index in [1.165, 1.54) is 13.2 Å². The van der Waals surface area contributed by atoms with E-state index in [4.69, 9.17) is 22.1 Å². The van der Waals surface area contributed by atoms with Crippen molar-refractivity contribution in [2.75, 3.05) is 18.2 Å². The molecule has 0 aliphatic heterocycles. The highest BCUT2D eigenvalue weighted by molar-refractivity contribution is 6.29. The van der Waals surface area contributed by atoms with E-state index >= 15 is 0 Å². The smallest absolute Gasteiger partial charge is 0.333 e. The molecule has 0 spiro atoms. The summed E-state index contributed by atoms with van der Waals surface area (Å²) in [6, 6.07) is 11.6. The van der Waals surface area contributed by atoms with Crippen LogP contribution in [0.15, 0.2) is 42.5 Å². The van der Waals surface area contributed by atoms with Gasteiger partial charge in [0, 0.05) is 11.8 Å². The zero-order valence-electron chi connectivity index (χ0n) is 10.8. The minimum Gasteiger partial charge on any atom is -0.467 e. The quantitative estimate of drug-likeness (QED) is 0.669. The van der Waals surface area contributed by atoms with Crippen molar-refractivity contribution >= 4 is 29.1 Å². The van der Waals surface area contributed by atoms with Crippen LogP contribution in [0.3, 0.4) is 0 Å². The van der Waals surface area contributed by atoms with Gasteiger partial charge < -0.3 is 15.8 Å². The Morgan fingerprint density at radius 3 is 2.65 bits per heavy atom. The number of carbonyl (C=O) groups excluding carboxylic acids is 1. The van der Waals surface area contributed by atoms with Crippen molar-refractivity contribution in [2.24, 2.45) is 0 Å². The average Bonchev–Trinajstić information content (AvgIpc) is 2.44. The van der Waals surface area contributed by atoms with E-state index in [1.54, 1.807) is 6.07 Å². The second-order valence-electron chi connectivity index (χ2n) is 4.12. The SMILES string of the molecule is COC(=O)C(Nc1cc(N)cc(Cl)n1)c1ccccc1. The summed E-state index contributed by atoms with van der Waals surface area (Å²) in [4.78, 5) is 16.0. The van der Waals surface area contributed by atoms with Gasteiger partial charge in [-0.2, -0.15) is 0 Å². The summed E-state index contributed by atoms with van der Waals surface area (Å²) in [7, 11) is 1.33. The Labute approximate surface area is 121 Å². The van der Waals surface area contributed by atoms with Gasteiger partial charge in [-0.1, -0.05) is 41.9 Å². The maximum Gasteiger partial charge on any atom is 0.333 e. The molecule has 0 radical (unpaired) electrons. The molecule has 1 heterocycles. The Bertz CT molecular complexity index is 584. The Morgan fingerprint density at radius 1 is 1.35 bits per heavy atom. The van der Waals surface area contributed by atoms with Crippen molar-refractivity contribution < 1.29 is 9.53 Å². The second-order valence-corrected chi connectivity index (χ2v) is 4.51. The molecular formula is C14H14ClN3O2. The van der Waals surface area contributed by atoms with Gasteiger partial charge >= 0.3 is 5.97 Å². The molecule has 0 saturated carbocycles. The number of benzene rings is 1. The first-order valence-electron chi connectivity index (χ1n) is 5.92. The van der Waals surface area contributed by atoms with Gasteiger partial charge in [-0.05, 0) is 11.6 Å². The van der Waals surface area contributed by atoms with Gasteiger partial charge in [-0.3, -0.25) is 0 Å². The van der Waals surface area contributed by atoms with Crippen molar-refractivity contribution in [3.8, 4) is 0 Å². The molecule has 1 atom stereocenters. The third kappa shape index (κ3) is 3.39. The number of hydrogen-bond donors (Lipinski definition) is 2. The molecule has 6 heteroatoms. The third-order valence-corrected chi connectivity index (χ3v) is 2.87. The molecule has 1 aromatic carbocycles. The number of methoxy groups -OCH3 is 1. The highest BCUT2D eigenvalue weighted by Crippen LogP contribution is 2.22. The number of nitrogens with zero attached hydrogens (tertiary/aromatic N) is 1. The van der Waals surface area contributed by atoms with Crippen LogP contribution in [-0.4, -0.2) is 18.1 Å². The molecule has 2 aromatic rings. The standard InChI is InChI=1S/C14H14ClN3O2/c1-20-14(19)13(9-5-3-2-4-6-9)18-12-8-10(16)7-11(15)17-12/h2-8,13H,1H3,(H3,16,17,18). The molecule has 104 valence electrons. The van der Waals surface area contributed by atoms with E-state index in [-0.39, 0.29) is 5.15 Å². The van der Waals surface area contributed by atoms with Crippen LogP contribution in [0.2, 0.25) is 5.15 Å². The topological polar surface area (TPSA) is 77.2 Å². The van der Waals surface area contributed by atoms with Crippen LogP contribution in [0.25, 0.3) is 0 Å². The van der Waals surface area contributed by atoms with Gasteiger partial charge in [0.05, 0.1) is 7.11 Å². The highest BCUT2D eigenvalue weighted by atomic mass is 35.5. The molecule has 5 nitrogen and oxygen atoms in total. The zero-order valence-corrected chi connectivity index (χ0v) is 11.6. The summed E-state index contributed by atoms with van der Waals surface area (Å²) < 4.78 is 4.81. The van der Waals surface area contributed by atoms with E-state index in [1.807, 2.05) is 30.3 Å². The average molecular weight is 292 g/mol. The van der Waals surface area contributed by atoms with E-state index in [0.717, 1.165) is 5.56 Å². The summed E-state index contributed by atoms with van der Waals surface area (Å²) in [5, 5.41) is 3.23. The van der Waals surface area contributed by atoms with Crippen molar-refractivity contribution in [2.45, 2.75) is 6.04 Å². The summed E-state index contributed by atoms with van der Waals surface area (Å²) in [6.07, 6.45) is 0. The number of nitrogen functional groups attached to an aromatic ring is 1. The molecule has 2 rings (SSSR count). The van der Waals surface area contributed by atoms with Crippen LogP contribution >= 0.6 is 11.6 Å². The van der Waals surface area contributed by atoms with Crippen LogP contribution in [-0.2, 0) is 9.53 Å². The maximum absolute atomic E-state index is 11.9.